The molecule has 0 atom stereocenters. The van der Waals surface area contributed by atoms with Gasteiger partial charge in [-0.2, -0.15) is 4.31 Å². The van der Waals surface area contributed by atoms with Gasteiger partial charge in [0.25, 0.3) is 0 Å². The van der Waals surface area contributed by atoms with Gasteiger partial charge in [-0.25, -0.2) is 18.2 Å². The van der Waals surface area contributed by atoms with Crippen molar-refractivity contribution < 1.29 is 56.4 Å². The largest absolute Gasteiger partial charge is 0.469 e. The molecule has 0 spiro atoms. The highest BCUT2D eigenvalue weighted by Gasteiger charge is 2.27. The number of hydrogen-bond acceptors (Lipinski definition) is 13. The van der Waals surface area contributed by atoms with Crippen molar-refractivity contribution in [3.8, 4) is 0 Å². The van der Waals surface area contributed by atoms with Gasteiger partial charge >= 0.3 is 17.9 Å². The molecule has 284 valence electrons. The second-order valence-electron chi connectivity index (χ2n) is 11.1. The van der Waals surface area contributed by atoms with Crippen LogP contribution in [-0.4, -0.2) is 120 Å². The highest BCUT2D eigenvalue weighted by atomic mass is 32.2. The average Bonchev–Trinajstić information content (AvgIpc) is 2.93. The van der Waals surface area contributed by atoms with Gasteiger partial charge in [-0.05, 0) is 62.4 Å². The number of carbonyl (C=O) groups is 5. The van der Waals surface area contributed by atoms with Gasteiger partial charge in [-0.3, -0.25) is 19.2 Å². The van der Waals surface area contributed by atoms with Gasteiger partial charge in [-0.15, -0.1) is 0 Å². The smallest absolute Gasteiger partial charge is 0.308 e. The Bertz CT molecular complexity index is 892. The molecule has 14 nitrogen and oxygen atoms in total. The fraction of sp³-hybridized carbons (Fsp3) is 0.844. The summed E-state index contributed by atoms with van der Waals surface area (Å²) >= 11 is 0. The van der Waals surface area contributed by atoms with Gasteiger partial charge in [0, 0.05) is 45.9 Å². The molecule has 0 radical (unpaired) electrons. The van der Waals surface area contributed by atoms with E-state index in [0.717, 1.165) is 13.1 Å². The highest BCUT2D eigenvalue weighted by Crippen LogP contribution is 2.11. The van der Waals surface area contributed by atoms with Gasteiger partial charge in [0.05, 0.1) is 45.2 Å². The maximum atomic E-state index is 11.7. The Hall–Kier alpha value is -2.46. The number of Topliss-reactive ketones (excluding diaryl/α,β-unsaturated/α-hetero) is 2. The number of likely N-dealkylation sites (N-methyl/N-ethyl adjacent to an activating group) is 1. The Kier molecular flexibility index (Phi) is 44.0. The van der Waals surface area contributed by atoms with Crippen LogP contribution in [0.4, 0.5) is 0 Å². The topological polar surface area (TPSA) is 172 Å². The van der Waals surface area contributed by atoms with Crippen molar-refractivity contribution in [2.45, 2.75) is 108 Å². The summed E-state index contributed by atoms with van der Waals surface area (Å²) in [5, 5.41) is -0.295. The Balaban J connectivity index is -0.000000109. The zero-order valence-corrected chi connectivity index (χ0v) is 33.4. The first kappa shape index (κ1) is 56.8. The number of ketones is 2. The molecule has 1 aliphatic rings. The fourth-order valence-corrected chi connectivity index (χ4v) is 3.29. The molecule has 1 aliphatic heterocycles. The summed E-state index contributed by atoms with van der Waals surface area (Å²) < 4.78 is 38.1. The molecule has 0 aliphatic carbocycles. The van der Waals surface area contributed by atoms with Crippen molar-refractivity contribution in [2.24, 2.45) is 11.8 Å². The van der Waals surface area contributed by atoms with E-state index in [4.69, 9.17) is 0 Å². The van der Waals surface area contributed by atoms with Crippen LogP contribution in [0.2, 0.25) is 0 Å². The first-order chi connectivity index (χ1) is 21.3. The molecule has 0 N–H and O–H groups in total. The van der Waals surface area contributed by atoms with Crippen LogP contribution < -0.4 is 0 Å². The molecule has 0 unspecified atom stereocenters. The van der Waals surface area contributed by atoms with Crippen molar-refractivity contribution >= 4 is 39.5 Å². The fourth-order valence-electron chi connectivity index (χ4n) is 2.03. The summed E-state index contributed by atoms with van der Waals surface area (Å²) in [5.74, 6) is 0.0324. The monoisotopic (exact) mass is 704 g/mol. The summed E-state index contributed by atoms with van der Waals surface area (Å²) in [6.45, 7) is 27.3. The first-order valence-corrected chi connectivity index (χ1v) is 16.9. The molecule has 15 heteroatoms. The van der Waals surface area contributed by atoms with Gasteiger partial charge in [0.1, 0.15) is 11.6 Å². The molecule has 0 saturated carbocycles. The van der Waals surface area contributed by atoms with Crippen LogP contribution in [-0.2, 0) is 58.0 Å². The Morgan fingerprint density at radius 2 is 1.04 bits per heavy atom. The van der Waals surface area contributed by atoms with Gasteiger partial charge in [-0.1, -0.05) is 27.7 Å². The van der Waals surface area contributed by atoms with Gasteiger partial charge in [0.2, 0.25) is 10.0 Å². The number of esters is 3. The van der Waals surface area contributed by atoms with E-state index < -0.39 is 10.0 Å². The lowest BCUT2D eigenvalue weighted by atomic mass is 10.1. The van der Waals surface area contributed by atoms with Crippen molar-refractivity contribution in [1.82, 2.24) is 9.21 Å². The molecule has 47 heavy (non-hydrogen) atoms. The number of carbonyl (C=O) groups excluding carboxylic acids is 5. The van der Waals surface area contributed by atoms with Crippen molar-refractivity contribution in [2.75, 3.05) is 61.2 Å². The van der Waals surface area contributed by atoms with E-state index in [1.165, 1.54) is 49.0 Å². The van der Waals surface area contributed by atoms with Crippen LogP contribution in [0.5, 0.6) is 0 Å². The number of ether oxygens (including phenoxy) is 3. The minimum atomic E-state index is -3.02. The molecule has 1 saturated heterocycles. The molecule has 0 aromatic heterocycles. The van der Waals surface area contributed by atoms with Crippen LogP contribution in [0.15, 0.2) is 0 Å². The van der Waals surface area contributed by atoms with Crippen LogP contribution in [0.3, 0.4) is 0 Å². The lowest BCUT2D eigenvalue weighted by Crippen LogP contribution is -2.49. The van der Waals surface area contributed by atoms with E-state index in [9.17, 15) is 32.4 Å². The van der Waals surface area contributed by atoms with Crippen LogP contribution >= 0.6 is 0 Å². The summed E-state index contributed by atoms with van der Waals surface area (Å²) in [5.41, 5.74) is 0. The molecule has 0 aromatic carbocycles. The SMILES string of the molecule is CC(=O)C(C)C.CC(=O)OC(C)C.CC(C)=O.CC(C)S(=O)(=O)N1CCN(C)CC1.CCOOC.COC(=O)C(C)C.COC(C)=O. The zero-order chi connectivity index (χ0) is 38.9. The number of sulfonamides is 1. The average molecular weight is 705 g/mol. The number of piperazine rings is 1. The van der Waals surface area contributed by atoms with Gasteiger partial charge in [0.15, 0.2) is 0 Å². The Morgan fingerprint density at radius 1 is 0.681 bits per heavy atom. The maximum Gasteiger partial charge on any atom is 0.308 e. The maximum absolute atomic E-state index is 11.7. The van der Waals surface area contributed by atoms with Crippen LogP contribution in [0, 0.1) is 11.8 Å². The predicted octanol–water partition coefficient (Wildman–Crippen LogP) is 4.34. The molecule has 0 amide bonds. The molecule has 0 aromatic rings. The number of nitrogens with zero attached hydrogens (tertiary/aromatic N) is 2. The predicted molar refractivity (Wildman–Crippen MR) is 185 cm³/mol. The molecule has 1 rings (SSSR count). The number of hydrogen-bond donors (Lipinski definition) is 0. The lowest BCUT2D eigenvalue weighted by molar-refractivity contribution is -0.268. The van der Waals surface area contributed by atoms with E-state index in [1.54, 1.807) is 38.9 Å². The summed E-state index contributed by atoms with van der Waals surface area (Å²) in [4.78, 5) is 60.2. The minimum Gasteiger partial charge on any atom is -0.469 e. The summed E-state index contributed by atoms with van der Waals surface area (Å²) in [7, 11) is 3.23. The third kappa shape index (κ3) is 53.3. The quantitative estimate of drug-likeness (QED) is 0.159. The van der Waals surface area contributed by atoms with Crippen LogP contribution in [0.25, 0.3) is 0 Å². The molecule has 1 heterocycles. The zero-order valence-electron chi connectivity index (χ0n) is 32.5. The normalized spacial score (nSPS) is 12.3. The molecular formula is C32H68N2O12S. The van der Waals surface area contributed by atoms with E-state index >= 15 is 0 Å². The molecule has 1 fully saturated rings. The third-order valence-electron chi connectivity index (χ3n) is 4.83. The Morgan fingerprint density at radius 3 is 1.15 bits per heavy atom. The van der Waals surface area contributed by atoms with Crippen LogP contribution in [0.1, 0.15) is 96.9 Å². The second-order valence-corrected chi connectivity index (χ2v) is 13.6. The number of rotatable bonds is 7. The van der Waals surface area contributed by atoms with E-state index in [2.05, 4.69) is 28.9 Å². The minimum absolute atomic E-state index is 0.00463. The Labute approximate surface area is 286 Å². The van der Waals surface area contributed by atoms with Crippen molar-refractivity contribution in [1.29, 1.82) is 0 Å². The van der Waals surface area contributed by atoms with Crippen molar-refractivity contribution in [3.05, 3.63) is 0 Å². The third-order valence-corrected chi connectivity index (χ3v) is 7.10. The van der Waals surface area contributed by atoms with Gasteiger partial charge < -0.3 is 23.9 Å². The van der Waals surface area contributed by atoms with Crippen molar-refractivity contribution in [3.63, 3.8) is 0 Å². The summed E-state index contributed by atoms with van der Waals surface area (Å²) in [6.07, 6.45) is 0.0255. The first-order valence-electron chi connectivity index (χ1n) is 15.4. The standard InChI is InChI=1S/C8H18N2O2S.2C5H10O2.C5H10O.C3H6O2.C3H8O2.C3H6O/c1-8(2)13(11,12)10-6-4-9(3)5-7-10;1-4(2)5(6)7-3;1-4(2)7-5(3)6;1-4(2)5(3)6;1-3(4)5-2;1-3-5-4-2;1-3(2)4/h8H,4-7H2,1-3H3;2*4H,1-3H3;4H,1-3H3;1-2H3;3H2,1-2H3;1-2H3. The van der Waals surface area contributed by atoms with E-state index in [1.807, 2.05) is 41.7 Å². The highest BCUT2D eigenvalue weighted by molar-refractivity contribution is 7.89. The summed E-state index contributed by atoms with van der Waals surface area (Å²) in [6, 6.07) is 0. The van der Waals surface area contributed by atoms with E-state index in [0.29, 0.717) is 19.7 Å². The second kappa shape index (κ2) is 36.4. The molecular weight excluding hydrogens is 636 g/mol. The molecule has 0 bridgehead atoms. The lowest BCUT2D eigenvalue weighted by Gasteiger charge is -2.32. The number of methoxy groups -OCH3 is 2. The van der Waals surface area contributed by atoms with E-state index in [-0.39, 0.29) is 52.7 Å².